The summed E-state index contributed by atoms with van der Waals surface area (Å²) in [5.74, 6) is 1.61. The highest BCUT2D eigenvalue weighted by Gasteiger charge is 2.22. The number of nitrogens with two attached hydrogens (primary N) is 1. The number of rotatable bonds is 4. The summed E-state index contributed by atoms with van der Waals surface area (Å²) in [6.07, 6.45) is 0. The SMILES string of the molecule is COc1nc(-c2ccccc2)nc(N)c1-c1nc(-c2ccccc2)no1. The van der Waals surface area contributed by atoms with Gasteiger partial charge in [-0.2, -0.15) is 9.97 Å². The first-order valence-electron chi connectivity index (χ1n) is 7.92. The van der Waals surface area contributed by atoms with Crippen molar-refractivity contribution < 1.29 is 9.26 Å². The molecule has 7 heteroatoms. The van der Waals surface area contributed by atoms with E-state index in [-0.39, 0.29) is 17.6 Å². The molecular weight excluding hydrogens is 330 g/mol. The van der Waals surface area contributed by atoms with Crippen molar-refractivity contribution >= 4 is 5.82 Å². The summed E-state index contributed by atoms with van der Waals surface area (Å²) in [4.78, 5) is 13.2. The van der Waals surface area contributed by atoms with E-state index in [4.69, 9.17) is 15.0 Å². The Kier molecular flexibility index (Phi) is 4.03. The molecule has 0 unspecified atom stereocenters. The van der Waals surface area contributed by atoms with Crippen molar-refractivity contribution in [3.05, 3.63) is 60.7 Å². The molecule has 2 heterocycles. The molecule has 2 aromatic heterocycles. The lowest BCUT2D eigenvalue weighted by atomic mass is 10.2. The second-order valence-electron chi connectivity index (χ2n) is 5.47. The van der Waals surface area contributed by atoms with E-state index >= 15 is 0 Å². The van der Waals surface area contributed by atoms with Gasteiger partial charge in [-0.05, 0) is 0 Å². The maximum Gasteiger partial charge on any atom is 0.267 e. The van der Waals surface area contributed by atoms with Gasteiger partial charge in [0.15, 0.2) is 5.82 Å². The quantitative estimate of drug-likeness (QED) is 0.604. The van der Waals surface area contributed by atoms with Gasteiger partial charge in [-0.3, -0.25) is 0 Å². The van der Waals surface area contributed by atoms with Crippen molar-refractivity contribution in [1.29, 1.82) is 0 Å². The van der Waals surface area contributed by atoms with Gasteiger partial charge in [0.1, 0.15) is 11.4 Å². The van der Waals surface area contributed by atoms with Crippen LogP contribution in [0.15, 0.2) is 65.2 Å². The molecule has 128 valence electrons. The molecule has 4 rings (SSSR count). The lowest BCUT2D eigenvalue weighted by Gasteiger charge is -2.09. The minimum atomic E-state index is 0.206. The number of ether oxygens (including phenoxy) is 1. The van der Waals surface area contributed by atoms with Gasteiger partial charge in [0.25, 0.3) is 5.89 Å². The monoisotopic (exact) mass is 345 g/mol. The molecule has 2 aromatic carbocycles. The van der Waals surface area contributed by atoms with Crippen LogP contribution in [0.4, 0.5) is 5.82 Å². The summed E-state index contributed by atoms with van der Waals surface area (Å²) < 4.78 is 10.8. The van der Waals surface area contributed by atoms with E-state index in [1.165, 1.54) is 7.11 Å². The lowest BCUT2D eigenvalue weighted by Crippen LogP contribution is -2.03. The van der Waals surface area contributed by atoms with Crippen LogP contribution in [0.5, 0.6) is 5.88 Å². The third kappa shape index (κ3) is 2.86. The molecule has 0 saturated carbocycles. The molecule has 26 heavy (non-hydrogen) atoms. The van der Waals surface area contributed by atoms with Crippen LogP contribution in [0, 0.1) is 0 Å². The Morgan fingerprint density at radius 3 is 2.04 bits per heavy atom. The summed E-state index contributed by atoms with van der Waals surface area (Å²) in [5, 5.41) is 4.01. The third-order valence-corrected chi connectivity index (χ3v) is 3.80. The average Bonchev–Trinajstić information content (AvgIpc) is 3.18. The normalized spacial score (nSPS) is 10.7. The summed E-state index contributed by atoms with van der Waals surface area (Å²) in [6.45, 7) is 0. The second kappa shape index (κ2) is 6.64. The molecular formula is C19H15N5O2. The summed E-state index contributed by atoms with van der Waals surface area (Å²) >= 11 is 0. The van der Waals surface area contributed by atoms with E-state index in [1.54, 1.807) is 0 Å². The molecule has 7 nitrogen and oxygen atoms in total. The van der Waals surface area contributed by atoms with Crippen molar-refractivity contribution in [2.45, 2.75) is 0 Å². The largest absolute Gasteiger partial charge is 0.480 e. The highest BCUT2D eigenvalue weighted by Crippen LogP contribution is 2.34. The topological polar surface area (TPSA) is 100.0 Å². The summed E-state index contributed by atoms with van der Waals surface area (Å²) in [7, 11) is 1.51. The van der Waals surface area contributed by atoms with Gasteiger partial charge in [0, 0.05) is 11.1 Å². The smallest absolute Gasteiger partial charge is 0.267 e. The van der Waals surface area contributed by atoms with E-state index in [9.17, 15) is 0 Å². The molecule has 0 aliphatic rings. The van der Waals surface area contributed by atoms with Gasteiger partial charge < -0.3 is 15.0 Å². The van der Waals surface area contributed by atoms with E-state index < -0.39 is 0 Å². The maximum atomic E-state index is 6.16. The van der Waals surface area contributed by atoms with Crippen molar-refractivity contribution in [3.63, 3.8) is 0 Å². The molecule has 0 amide bonds. The van der Waals surface area contributed by atoms with Crippen LogP contribution < -0.4 is 10.5 Å². The second-order valence-corrected chi connectivity index (χ2v) is 5.47. The molecule has 0 saturated heterocycles. The first-order chi connectivity index (χ1) is 12.8. The van der Waals surface area contributed by atoms with Crippen LogP contribution in [-0.4, -0.2) is 27.2 Å². The van der Waals surface area contributed by atoms with Crippen molar-refractivity contribution in [2.24, 2.45) is 0 Å². The summed E-state index contributed by atoms with van der Waals surface area (Å²) in [6, 6.07) is 19.0. The van der Waals surface area contributed by atoms with Crippen molar-refractivity contribution in [1.82, 2.24) is 20.1 Å². The lowest BCUT2D eigenvalue weighted by molar-refractivity contribution is 0.392. The van der Waals surface area contributed by atoms with E-state index in [0.717, 1.165) is 11.1 Å². The Morgan fingerprint density at radius 2 is 1.42 bits per heavy atom. The number of hydrogen-bond acceptors (Lipinski definition) is 7. The van der Waals surface area contributed by atoms with Crippen LogP contribution in [0.3, 0.4) is 0 Å². The van der Waals surface area contributed by atoms with E-state index in [2.05, 4.69) is 20.1 Å². The van der Waals surface area contributed by atoms with Crippen molar-refractivity contribution in [2.75, 3.05) is 12.8 Å². The minimum Gasteiger partial charge on any atom is -0.480 e. The number of benzene rings is 2. The van der Waals surface area contributed by atoms with Crippen LogP contribution in [0.25, 0.3) is 34.2 Å². The number of hydrogen-bond donors (Lipinski definition) is 1. The standard InChI is InChI=1S/C19H15N5O2/c1-25-18-14(15(20)21-16(22-18)12-8-4-2-5-9-12)19-23-17(24-26-19)13-10-6-3-7-11-13/h2-11H,1H3,(H2,20,21,22). The van der Waals surface area contributed by atoms with Crippen LogP contribution in [0.2, 0.25) is 0 Å². The maximum absolute atomic E-state index is 6.16. The fraction of sp³-hybridized carbons (Fsp3) is 0.0526. The Morgan fingerprint density at radius 1 is 0.808 bits per heavy atom. The molecule has 4 aromatic rings. The zero-order chi connectivity index (χ0) is 17.9. The molecule has 0 radical (unpaired) electrons. The van der Waals surface area contributed by atoms with Crippen LogP contribution in [-0.2, 0) is 0 Å². The summed E-state index contributed by atoms with van der Waals surface area (Å²) in [5.41, 5.74) is 8.20. The van der Waals surface area contributed by atoms with Crippen LogP contribution >= 0.6 is 0 Å². The van der Waals surface area contributed by atoms with Gasteiger partial charge in [0.2, 0.25) is 11.7 Å². The van der Waals surface area contributed by atoms with Gasteiger partial charge >= 0.3 is 0 Å². The highest BCUT2D eigenvalue weighted by atomic mass is 16.5. The number of aromatic nitrogens is 4. The molecule has 0 spiro atoms. The van der Waals surface area contributed by atoms with Gasteiger partial charge in [-0.15, -0.1) is 0 Å². The Labute approximate surface area is 149 Å². The highest BCUT2D eigenvalue weighted by molar-refractivity contribution is 5.75. The molecule has 0 aliphatic heterocycles. The number of anilines is 1. The predicted molar refractivity (Wildman–Crippen MR) is 97.2 cm³/mol. The van der Waals surface area contributed by atoms with Gasteiger partial charge in [0.05, 0.1) is 7.11 Å². The first-order valence-corrected chi connectivity index (χ1v) is 7.92. The van der Waals surface area contributed by atoms with E-state index in [0.29, 0.717) is 17.2 Å². The number of nitrogens with zero attached hydrogens (tertiary/aromatic N) is 4. The predicted octanol–water partition coefficient (Wildman–Crippen LogP) is 3.45. The Balaban J connectivity index is 1.79. The van der Waals surface area contributed by atoms with Gasteiger partial charge in [-0.1, -0.05) is 65.8 Å². The zero-order valence-electron chi connectivity index (χ0n) is 14.0. The van der Waals surface area contributed by atoms with Crippen LogP contribution in [0.1, 0.15) is 0 Å². The minimum absolute atomic E-state index is 0.206. The molecule has 0 aliphatic carbocycles. The van der Waals surface area contributed by atoms with Crippen molar-refractivity contribution in [3.8, 4) is 40.1 Å². The molecule has 0 bridgehead atoms. The molecule has 0 atom stereocenters. The number of methoxy groups -OCH3 is 1. The Hall–Kier alpha value is -3.74. The Bertz CT molecular complexity index is 1030. The first kappa shape index (κ1) is 15.8. The number of nitrogen functional groups attached to an aromatic ring is 1. The zero-order valence-corrected chi connectivity index (χ0v) is 14.0. The molecule has 0 fully saturated rings. The molecule has 2 N–H and O–H groups in total. The third-order valence-electron chi connectivity index (χ3n) is 3.80. The van der Waals surface area contributed by atoms with E-state index in [1.807, 2.05) is 60.7 Å². The fourth-order valence-electron chi connectivity index (χ4n) is 2.55. The fourth-order valence-corrected chi connectivity index (χ4v) is 2.55. The average molecular weight is 345 g/mol. The van der Waals surface area contributed by atoms with Gasteiger partial charge in [-0.25, -0.2) is 4.98 Å².